The summed E-state index contributed by atoms with van der Waals surface area (Å²) in [5.74, 6) is 1.86. The van der Waals surface area contributed by atoms with E-state index in [-0.39, 0.29) is 17.9 Å². The first-order valence-corrected chi connectivity index (χ1v) is 10.4. The molecule has 0 unspecified atom stereocenters. The molecule has 0 saturated carbocycles. The highest BCUT2D eigenvalue weighted by Gasteiger charge is 2.40. The molecule has 3 heterocycles. The average Bonchev–Trinajstić information content (AvgIpc) is 3.43. The lowest BCUT2D eigenvalue weighted by Gasteiger charge is -2.28. The van der Waals surface area contributed by atoms with Crippen LogP contribution in [0.5, 0.6) is 0 Å². The third-order valence-corrected chi connectivity index (χ3v) is 6.25. The highest BCUT2D eigenvalue weighted by Crippen LogP contribution is 2.27. The minimum absolute atomic E-state index is 0.0216. The van der Waals surface area contributed by atoms with Crippen LogP contribution < -0.4 is 0 Å². The predicted octanol–water partition coefficient (Wildman–Crippen LogP) is 2.78. The first-order valence-electron chi connectivity index (χ1n) is 9.22. The Kier molecular flexibility index (Phi) is 5.08. The van der Waals surface area contributed by atoms with Gasteiger partial charge in [-0.05, 0) is 25.0 Å². The van der Waals surface area contributed by atoms with Crippen molar-refractivity contribution in [3.63, 3.8) is 0 Å². The van der Waals surface area contributed by atoms with Gasteiger partial charge in [0, 0.05) is 30.5 Å². The number of likely N-dealkylation sites (tertiary alicyclic amines) is 1. The summed E-state index contributed by atoms with van der Waals surface area (Å²) in [5, 5.41) is 10.3. The quantitative estimate of drug-likeness (QED) is 0.811. The molecule has 0 radical (unpaired) electrons. The summed E-state index contributed by atoms with van der Waals surface area (Å²) >= 11 is 1.59. The Hall–Kier alpha value is -2.46. The van der Waals surface area contributed by atoms with E-state index in [4.69, 9.17) is 4.42 Å². The Morgan fingerprint density at radius 1 is 1.30 bits per heavy atom. The van der Waals surface area contributed by atoms with Crippen molar-refractivity contribution in [2.24, 2.45) is 0 Å². The number of hydrogen-bond donors (Lipinski definition) is 0. The number of carbonyl (C=O) groups is 2. The number of fused-ring (bicyclic) bond motifs is 1. The second-order valence-electron chi connectivity index (χ2n) is 6.95. The van der Waals surface area contributed by atoms with Crippen molar-refractivity contribution in [2.45, 2.75) is 37.8 Å². The van der Waals surface area contributed by atoms with Gasteiger partial charge in [-0.25, -0.2) is 0 Å². The maximum Gasteiger partial charge on any atom is 0.247 e. The summed E-state index contributed by atoms with van der Waals surface area (Å²) in [7, 11) is 0. The molecule has 2 aliphatic heterocycles. The molecule has 27 heavy (non-hydrogen) atoms. The van der Waals surface area contributed by atoms with Crippen LogP contribution in [0.25, 0.3) is 11.0 Å². The van der Waals surface area contributed by atoms with Gasteiger partial charge in [-0.3, -0.25) is 9.59 Å². The van der Waals surface area contributed by atoms with E-state index in [0.29, 0.717) is 37.4 Å². The summed E-state index contributed by atoms with van der Waals surface area (Å²) in [6.07, 6.45) is 2.34. The van der Waals surface area contributed by atoms with E-state index >= 15 is 0 Å². The predicted molar refractivity (Wildman–Crippen MR) is 103 cm³/mol. The second kappa shape index (κ2) is 7.65. The number of para-hydroxylation sites is 1. The Morgan fingerprint density at radius 3 is 2.96 bits per heavy atom. The molecule has 2 aromatic rings. The Balaban J connectivity index is 1.40. The van der Waals surface area contributed by atoms with E-state index in [1.54, 1.807) is 21.6 Å². The van der Waals surface area contributed by atoms with Gasteiger partial charge in [0.15, 0.2) is 0 Å². The van der Waals surface area contributed by atoms with Gasteiger partial charge in [0.25, 0.3) is 0 Å². The van der Waals surface area contributed by atoms with Crippen LogP contribution in [0.15, 0.2) is 34.7 Å². The number of nitrogens with zero attached hydrogens (tertiary/aromatic N) is 3. The van der Waals surface area contributed by atoms with Crippen LogP contribution in [0.3, 0.4) is 0 Å². The standard InChI is InChI=1S/C20H21N3O3S/c21-11-15-12-27-13-23(15)20(25)17-5-3-9-22(17)19(24)8-7-16-10-14-4-1-2-6-18(14)26-16/h1-2,4,6,10,15,17H,3,5,7-9,12-13H2/t15-,17+/m1/s1. The lowest BCUT2D eigenvalue weighted by Crippen LogP contribution is -2.49. The Bertz CT molecular complexity index is 870. The van der Waals surface area contributed by atoms with Gasteiger partial charge < -0.3 is 14.2 Å². The molecular weight excluding hydrogens is 362 g/mol. The van der Waals surface area contributed by atoms with Gasteiger partial charge in [0.2, 0.25) is 11.8 Å². The van der Waals surface area contributed by atoms with Crippen molar-refractivity contribution in [3.8, 4) is 6.07 Å². The van der Waals surface area contributed by atoms with Crippen LogP contribution in [0.1, 0.15) is 25.0 Å². The van der Waals surface area contributed by atoms with E-state index < -0.39 is 6.04 Å². The number of hydrogen-bond acceptors (Lipinski definition) is 5. The minimum Gasteiger partial charge on any atom is -0.461 e. The van der Waals surface area contributed by atoms with E-state index in [1.807, 2.05) is 30.3 Å². The number of aryl methyl sites for hydroxylation is 1. The molecule has 140 valence electrons. The van der Waals surface area contributed by atoms with E-state index in [1.165, 1.54) is 0 Å². The van der Waals surface area contributed by atoms with E-state index in [2.05, 4.69) is 6.07 Å². The average molecular weight is 383 g/mol. The minimum atomic E-state index is -0.428. The van der Waals surface area contributed by atoms with Crippen LogP contribution in [-0.2, 0) is 16.0 Å². The maximum absolute atomic E-state index is 12.9. The fraction of sp³-hybridized carbons (Fsp3) is 0.450. The number of amides is 2. The largest absolute Gasteiger partial charge is 0.461 e. The number of carbonyl (C=O) groups excluding carboxylic acids is 2. The molecular formula is C20H21N3O3S. The van der Waals surface area contributed by atoms with Crippen LogP contribution in [0.2, 0.25) is 0 Å². The number of benzene rings is 1. The molecule has 2 amide bonds. The molecule has 1 aromatic carbocycles. The highest BCUT2D eigenvalue weighted by molar-refractivity contribution is 7.99. The smallest absolute Gasteiger partial charge is 0.247 e. The third-order valence-electron chi connectivity index (χ3n) is 5.23. The molecule has 7 heteroatoms. The normalized spacial score (nSPS) is 22.3. The molecule has 2 atom stereocenters. The molecule has 2 saturated heterocycles. The van der Waals surface area contributed by atoms with Crippen molar-refractivity contribution in [1.82, 2.24) is 9.80 Å². The van der Waals surface area contributed by atoms with Crippen molar-refractivity contribution >= 4 is 34.5 Å². The fourth-order valence-electron chi connectivity index (χ4n) is 3.81. The van der Waals surface area contributed by atoms with Crippen molar-refractivity contribution in [1.29, 1.82) is 5.26 Å². The Morgan fingerprint density at radius 2 is 2.15 bits per heavy atom. The SMILES string of the molecule is N#C[C@@H]1CSCN1C(=O)[C@@H]1CCCN1C(=O)CCc1cc2ccccc2o1. The van der Waals surface area contributed by atoms with Crippen molar-refractivity contribution in [2.75, 3.05) is 18.2 Å². The molecule has 2 aliphatic rings. The van der Waals surface area contributed by atoms with E-state index in [0.717, 1.165) is 23.2 Å². The summed E-state index contributed by atoms with van der Waals surface area (Å²) in [6, 6.07) is 11.1. The van der Waals surface area contributed by atoms with Crippen LogP contribution in [0, 0.1) is 11.3 Å². The van der Waals surface area contributed by atoms with Gasteiger partial charge in [-0.15, -0.1) is 11.8 Å². The monoisotopic (exact) mass is 383 g/mol. The zero-order valence-electron chi connectivity index (χ0n) is 15.0. The van der Waals surface area contributed by atoms with Gasteiger partial charge >= 0.3 is 0 Å². The van der Waals surface area contributed by atoms with Crippen LogP contribution in [0.4, 0.5) is 0 Å². The fourth-order valence-corrected chi connectivity index (χ4v) is 4.90. The number of nitriles is 1. The topological polar surface area (TPSA) is 77.5 Å². The summed E-state index contributed by atoms with van der Waals surface area (Å²) < 4.78 is 5.78. The number of rotatable bonds is 4. The van der Waals surface area contributed by atoms with Crippen molar-refractivity contribution in [3.05, 3.63) is 36.1 Å². The van der Waals surface area contributed by atoms with Crippen LogP contribution in [-0.4, -0.2) is 51.9 Å². The highest BCUT2D eigenvalue weighted by atomic mass is 32.2. The van der Waals surface area contributed by atoms with Crippen LogP contribution >= 0.6 is 11.8 Å². The zero-order valence-corrected chi connectivity index (χ0v) is 15.8. The number of thioether (sulfide) groups is 1. The lowest BCUT2D eigenvalue weighted by atomic mass is 10.1. The molecule has 0 N–H and O–H groups in total. The molecule has 0 bridgehead atoms. The second-order valence-corrected chi connectivity index (χ2v) is 7.95. The van der Waals surface area contributed by atoms with Gasteiger partial charge in [0.1, 0.15) is 23.4 Å². The summed E-state index contributed by atoms with van der Waals surface area (Å²) in [4.78, 5) is 29.0. The van der Waals surface area contributed by atoms with Crippen molar-refractivity contribution < 1.29 is 14.0 Å². The first-order chi connectivity index (χ1) is 13.2. The lowest BCUT2D eigenvalue weighted by molar-refractivity contribution is -0.143. The van der Waals surface area contributed by atoms with Gasteiger partial charge in [-0.2, -0.15) is 5.26 Å². The molecule has 2 fully saturated rings. The molecule has 6 nitrogen and oxygen atoms in total. The Labute approximate surface area is 162 Å². The maximum atomic E-state index is 12.9. The molecule has 1 aromatic heterocycles. The van der Waals surface area contributed by atoms with E-state index in [9.17, 15) is 14.9 Å². The van der Waals surface area contributed by atoms with Gasteiger partial charge in [0.05, 0.1) is 11.9 Å². The molecule has 0 spiro atoms. The zero-order chi connectivity index (χ0) is 18.8. The summed E-state index contributed by atoms with van der Waals surface area (Å²) in [6.45, 7) is 0.605. The summed E-state index contributed by atoms with van der Waals surface area (Å²) in [5.41, 5.74) is 0.822. The first kappa shape index (κ1) is 17.9. The van der Waals surface area contributed by atoms with Gasteiger partial charge in [-0.1, -0.05) is 18.2 Å². The molecule has 0 aliphatic carbocycles. The molecule has 4 rings (SSSR count). The third kappa shape index (κ3) is 3.54. The number of furan rings is 1.